The Morgan fingerprint density at radius 1 is 1.07 bits per heavy atom. The Kier molecular flexibility index (Phi) is 8.54. The van der Waals surface area contributed by atoms with Crippen LogP contribution in [0.5, 0.6) is 11.5 Å². The van der Waals surface area contributed by atoms with Gasteiger partial charge in [0.05, 0.1) is 6.10 Å². The summed E-state index contributed by atoms with van der Waals surface area (Å²) in [6.45, 7) is 3.23. The second-order valence-electron chi connectivity index (χ2n) is 6.54. The van der Waals surface area contributed by atoms with E-state index in [4.69, 9.17) is 25.8 Å². The number of hydrogen-bond acceptors (Lipinski definition) is 4. The van der Waals surface area contributed by atoms with Gasteiger partial charge in [0.15, 0.2) is 12.3 Å². The van der Waals surface area contributed by atoms with Gasteiger partial charge >= 0.3 is 5.97 Å². The number of benzene rings is 2. The monoisotopic (exact) mass is 410 g/mol. The molecule has 0 aliphatic heterocycles. The summed E-state index contributed by atoms with van der Waals surface area (Å²) in [5.41, 5.74) is 0.735. The highest BCUT2D eigenvalue weighted by Gasteiger charge is 2.20. The van der Waals surface area contributed by atoms with E-state index in [2.05, 4.69) is 0 Å². The largest absolute Gasteiger partial charge is 0.490 e. The second-order valence-corrected chi connectivity index (χ2v) is 6.97. The van der Waals surface area contributed by atoms with Crippen LogP contribution in [0.25, 0.3) is 0 Å². The van der Waals surface area contributed by atoms with Gasteiger partial charge in [-0.3, -0.25) is 0 Å². The van der Waals surface area contributed by atoms with E-state index < -0.39 is 18.2 Å². The van der Waals surface area contributed by atoms with Crippen molar-refractivity contribution in [3.05, 3.63) is 59.1 Å². The molecular weight excluding hydrogens is 387 g/mol. The smallest absolute Gasteiger partial charge is 0.333 e. The maximum atomic E-state index is 14.0. The normalized spacial score (nSPS) is 13.2. The number of ether oxygens (including phenoxy) is 3. The van der Waals surface area contributed by atoms with Crippen LogP contribution in [0.15, 0.2) is 48.5 Å². The van der Waals surface area contributed by atoms with Crippen LogP contribution in [0.3, 0.4) is 0 Å². The van der Waals surface area contributed by atoms with E-state index in [1.807, 2.05) is 0 Å². The molecule has 0 amide bonds. The van der Waals surface area contributed by atoms with Crippen molar-refractivity contribution in [3.8, 4) is 11.5 Å². The van der Waals surface area contributed by atoms with Gasteiger partial charge in [0.25, 0.3) is 0 Å². The first kappa shape index (κ1) is 22.0. The fourth-order valence-corrected chi connectivity index (χ4v) is 2.58. The standard InChI is InChI=1S/C21H24ClFO5/c1-14(2)28-20(21(24)25)11-15-4-3-5-19(10-15)27-13-17(23)12-26-18-8-6-16(22)7-9-18/h3-10,14,17,20H,11-13H2,1-2H3,(H,24,25)/t17-,20+/m1/s1. The molecule has 5 nitrogen and oxygen atoms in total. The van der Waals surface area contributed by atoms with Crippen molar-refractivity contribution in [2.45, 2.75) is 38.6 Å². The highest BCUT2D eigenvalue weighted by molar-refractivity contribution is 6.30. The van der Waals surface area contributed by atoms with Crippen molar-refractivity contribution in [3.63, 3.8) is 0 Å². The quantitative estimate of drug-likeness (QED) is 0.588. The first-order valence-electron chi connectivity index (χ1n) is 8.96. The maximum Gasteiger partial charge on any atom is 0.333 e. The minimum atomic E-state index is -1.32. The number of hydrogen-bond donors (Lipinski definition) is 1. The summed E-state index contributed by atoms with van der Waals surface area (Å²) in [5, 5.41) is 9.85. The molecule has 0 aliphatic rings. The van der Waals surface area contributed by atoms with Crippen molar-refractivity contribution < 1.29 is 28.5 Å². The number of carbonyl (C=O) groups is 1. The van der Waals surface area contributed by atoms with Crippen molar-refractivity contribution in [2.75, 3.05) is 13.2 Å². The molecule has 0 spiro atoms. The molecule has 0 heterocycles. The number of aliphatic carboxylic acids is 1. The Hall–Kier alpha value is -2.31. The zero-order valence-electron chi connectivity index (χ0n) is 15.8. The Labute approximate surface area is 169 Å². The van der Waals surface area contributed by atoms with E-state index in [1.54, 1.807) is 62.4 Å². The fourth-order valence-electron chi connectivity index (χ4n) is 2.45. The highest BCUT2D eigenvalue weighted by atomic mass is 35.5. The molecule has 2 atom stereocenters. The minimum absolute atomic E-state index is 0.148. The number of halogens is 2. The SMILES string of the molecule is CC(C)O[C@@H](Cc1cccc(OC[C@H](F)COc2ccc(Cl)cc2)c1)C(=O)O. The molecule has 0 aromatic heterocycles. The van der Waals surface area contributed by atoms with E-state index in [1.165, 1.54) is 0 Å². The lowest BCUT2D eigenvalue weighted by Crippen LogP contribution is -2.29. The molecule has 0 aliphatic carbocycles. The zero-order chi connectivity index (χ0) is 20.5. The lowest BCUT2D eigenvalue weighted by Gasteiger charge is -2.17. The van der Waals surface area contributed by atoms with Gasteiger partial charge in [0, 0.05) is 11.4 Å². The van der Waals surface area contributed by atoms with Gasteiger partial charge in [0.2, 0.25) is 0 Å². The van der Waals surface area contributed by atoms with E-state index in [0.717, 1.165) is 5.56 Å². The predicted octanol–water partition coefficient (Wildman–Crippen LogP) is 4.56. The molecule has 0 fully saturated rings. The van der Waals surface area contributed by atoms with E-state index in [0.29, 0.717) is 16.5 Å². The maximum absolute atomic E-state index is 14.0. The molecule has 152 valence electrons. The van der Waals surface area contributed by atoms with Gasteiger partial charge in [-0.2, -0.15) is 0 Å². The Balaban J connectivity index is 1.84. The molecule has 0 bridgehead atoms. The predicted molar refractivity (Wildman–Crippen MR) is 105 cm³/mol. The van der Waals surface area contributed by atoms with Crippen LogP contribution >= 0.6 is 11.6 Å². The van der Waals surface area contributed by atoms with Crippen molar-refractivity contribution in [2.24, 2.45) is 0 Å². The van der Waals surface area contributed by atoms with Crippen molar-refractivity contribution in [1.29, 1.82) is 0 Å². The number of carboxylic acid groups (broad SMARTS) is 1. The van der Waals surface area contributed by atoms with Crippen LogP contribution in [0.1, 0.15) is 19.4 Å². The van der Waals surface area contributed by atoms with Gasteiger partial charge < -0.3 is 19.3 Å². The fraction of sp³-hybridized carbons (Fsp3) is 0.381. The van der Waals surface area contributed by atoms with E-state index >= 15 is 0 Å². The summed E-state index contributed by atoms with van der Waals surface area (Å²) in [6, 6.07) is 13.6. The Morgan fingerprint density at radius 2 is 1.71 bits per heavy atom. The van der Waals surface area contributed by atoms with Gasteiger partial charge in [-0.25, -0.2) is 9.18 Å². The molecule has 0 saturated heterocycles. The van der Waals surface area contributed by atoms with E-state index in [-0.39, 0.29) is 25.7 Å². The van der Waals surface area contributed by atoms with Crippen LogP contribution in [0, 0.1) is 0 Å². The molecule has 28 heavy (non-hydrogen) atoms. The molecule has 1 N–H and O–H groups in total. The van der Waals surface area contributed by atoms with Crippen LogP contribution < -0.4 is 9.47 Å². The Morgan fingerprint density at radius 3 is 2.32 bits per heavy atom. The molecule has 7 heteroatoms. The van der Waals surface area contributed by atoms with Gasteiger partial charge in [0.1, 0.15) is 24.7 Å². The third-order valence-electron chi connectivity index (χ3n) is 3.71. The average Bonchev–Trinajstić information content (AvgIpc) is 2.65. The summed E-state index contributed by atoms with van der Waals surface area (Å²) in [6.07, 6.45) is -2.27. The van der Waals surface area contributed by atoms with E-state index in [9.17, 15) is 14.3 Å². The first-order chi connectivity index (χ1) is 13.3. The third kappa shape index (κ3) is 7.74. The first-order valence-corrected chi connectivity index (χ1v) is 9.33. The molecule has 2 aromatic rings. The van der Waals surface area contributed by atoms with Crippen molar-refractivity contribution >= 4 is 17.6 Å². The Bertz CT molecular complexity index is 751. The molecule has 2 aromatic carbocycles. The molecular formula is C21H24ClFO5. The average molecular weight is 411 g/mol. The van der Waals surface area contributed by atoms with Gasteiger partial charge in [-0.15, -0.1) is 0 Å². The minimum Gasteiger partial charge on any atom is -0.490 e. The number of carboxylic acids is 1. The topological polar surface area (TPSA) is 65.0 Å². The summed E-state index contributed by atoms with van der Waals surface area (Å²) in [4.78, 5) is 11.3. The summed E-state index contributed by atoms with van der Waals surface area (Å²) >= 11 is 5.79. The summed E-state index contributed by atoms with van der Waals surface area (Å²) in [7, 11) is 0. The molecule has 0 radical (unpaired) electrons. The lowest BCUT2D eigenvalue weighted by molar-refractivity contribution is -0.153. The van der Waals surface area contributed by atoms with Crippen LogP contribution in [0.4, 0.5) is 4.39 Å². The zero-order valence-corrected chi connectivity index (χ0v) is 16.6. The highest BCUT2D eigenvalue weighted by Crippen LogP contribution is 2.18. The molecule has 2 rings (SSSR count). The lowest BCUT2D eigenvalue weighted by atomic mass is 10.1. The third-order valence-corrected chi connectivity index (χ3v) is 3.96. The van der Waals surface area contributed by atoms with Crippen LogP contribution in [-0.4, -0.2) is 42.7 Å². The molecule has 0 unspecified atom stereocenters. The molecule has 0 saturated carbocycles. The number of rotatable bonds is 11. The van der Waals surface area contributed by atoms with Crippen LogP contribution in [0.2, 0.25) is 5.02 Å². The second kappa shape index (κ2) is 10.9. The number of alkyl halides is 1. The van der Waals surface area contributed by atoms with Gasteiger partial charge in [-0.1, -0.05) is 23.7 Å². The van der Waals surface area contributed by atoms with Crippen molar-refractivity contribution in [1.82, 2.24) is 0 Å². The summed E-state index contributed by atoms with van der Waals surface area (Å²) in [5.74, 6) is -0.0394. The summed E-state index contributed by atoms with van der Waals surface area (Å²) < 4.78 is 30.3. The van der Waals surface area contributed by atoms with Crippen LogP contribution in [-0.2, 0) is 16.0 Å². The van der Waals surface area contributed by atoms with Gasteiger partial charge in [-0.05, 0) is 55.8 Å².